The van der Waals surface area contributed by atoms with Gasteiger partial charge < -0.3 is 9.08 Å². The monoisotopic (exact) mass is 588 g/mol. The SMILES string of the molecule is CSc1cccc(CN2CCN(c3ccc(-c4cc(OS(=O)(=O)C(F)(F)F)cn5ncc(C#N)c45)cn3)CC2)c1. The summed E-state index contributed by atoms with van der Waals surface area (Å²) in [4.78, 5) is 10.3. The van der Waals surface area contributed by atoms with Gasteiger partial charge in [-0.15, -0.1) is 11.8 Å². The third kappa shape index (κ3) is 5.72. The Morgan fingerprint density at radius 3 is 2.52 bits per heavy atom. The number of hydrogen-bond donors (Lipinski definition) is 0. The molecule has 9 nitrogen and oxygen atoms in total. The van der Waals surface area contributed by atoms with Crippen molar-refractivity contribution >= 4 is 33.2 Å². The summed E-state index contributed by atoms with van der Waals surface area (Å²) in [5.41, 5.74) is -3.19. The number of benzene rings is 1. The molecule has 0 bridgehead atoms. The number of piperazine rings is 1. The van der Waals surface area contributed by atoms with E-state index in [1.807, 2.05) is 6.07 Å². The molecular formula is C26H23F3N6O3S2. The number of nitriles is 1. The molecular weight excluding hydrogens is 565 g/mol. The van der Waals surface area contributed by atoms with Crippen LogP contribution < -0.4 is 9.08 Å². The molecule has 1 saturated heterocycles. The molecule has 40 heavy (non-hydrogen) atoms. The second kappa shape index (κ2) is 11.0. The van der Waals surface area contributed by atoms with Crippen molar-refractivity contribution in [3.8, 4) is 22.9 Å². The lowest BCUT2D eigenvalue weighted by atomic mass is 10.1. The van der Waals surface area contributed by atoms with Crippen LogP contribution in [0.15, 0.2) is 66.0 Å². The van der Waals surface area contributed by atoms with Crippen LogP contribution in [0.2, 0.25) is 0 Å². The van der Waals surface area contributed by atoms with Crippen molar-refractivity contribution in [3.63, 3.8) is 0 Å². The summed E-state index contributed by atoms with van der Waals surface area (Å²) in [5.74, 6) is 0.126. The molecule has 0 unspecified atom stereocenters. The summed E-state index contributed by atoms with van der Waals surface area (Å²) in [5, 5.41) is 13.5. The number of fused-ring (bicyclic) bond motifs is 1. The summed E-state index contributed by atoms with van der Waals surface area (Å²) in [6.45, 7) is 4.08. The highest BCUT2D eigenvalue weighted by Crippen LogP contribution is 2.34. The van der Waals surface area contributed by atoms with Crippen LogP contribution in [0.4, 0.5) is 19.0 Å². The van der Waals surface area contributed by atoms with E-state index in [9.17, 15) is 26.9 Å². The minimum absolute atomic E-state index is 0.156. The van der Waals surface area contributed by atoms with Crippen LogP contribution in [0.3, 0.4) is 0 Å². The Hall–Kier alpha value is -3.80. The van der Waals surface area contributed by atoms with E-state index in [1.54, 1.807) is 23.9 Å². The average Bonchev–Trinajstić information content (AvgIpc) is 3.35. The largest absolute Gasteiger partial charge is 0.534 e. The van der Waals surface area contributed by atoms with E-state index in [1.165, 1.54) is 22.9 Å². The Morgan fingerprint density at radius 2 is 1.88 bits per heavy atom. The lowest BCUT2D eigenvalue weighted by Crippen LogP contribution is -2.46. The van der Waals surface area contributed by atoms with E-state index in [0.29, 0.717) is 5.56 Å². The number of hydrogen-bond acceptors (Lipinski definition) is 9. The molecule has 0 N–H and O–H groups in total. The van der Waals surface area contributed by atoms with Crippen molar-refractivity contribution in [3.05, 3.63) is 72.2 Å². The minimum atomic E-state index is -5.90. The van der Waals surface area contributed by atoms with Gasteiger partial charge in [0.05, 0.1) is 23.5 Å². The summed E-state index contributed by atoms with van der Waals surface area (Å²) < 4.78 is 67.3. The predicted molar refractivity (Wildman–Crippen MR) is 144 cm³/mol. The normalized spacial score (nSPS) is 14.8. The maximum Gasteiger partial charge on any atom is 0.534 e. The molecule has 0 saturated carbocycles. The van der Waals surface area contributed by atoms with Gasteiger partial charge in [0.1, 0.15) is 11.9 Å². The first kappa shape index (κ1) is 27.8. The molecule has 0 spiro atoms. The third-order valence-corrected chi connectivity index (χ3v) is 8.20. The summed E-state index contributed by atoms with van der Waals surface area (Å²) in [7, 11) is -5.90. The average molecular weight is 589 g/mol. The second-order valence-electron chi connectivity index (χ2n) is 9.06. The zero-order chi connectivity index (χ0) is 28.5. The first-order valence-corrected chi connectivity index (χ1v) is 14.7. The maximum absolute atomic E-state index is 12.9. The summed E-state index contributed by atoms with van der Waals surface area (Å²) >= 11 is 1.71. The zero-order valence-corrected chi connectivity index (χ0v) is 22.8. The molecule has 4 aromatic rings. The molecule has 0 radical (unpaired) electrons. The van der Waals surface area contributed by atoms with Crippen molar-refractivity contribution in [2.75, 3.05) is 37.3 Å². The van der Waals surface area contributed by atoms with E-state index in [-0.39, 0.29) is 16.6 Å². The van der Waals surface area contributed by atoms with Crippen LogP contribution in [0.5, 0.6) is 5.75 Å². The lowest BCUT2D eigenvalue weighted by molar-refractivity contribution is -0.0500. The molecule has 3 aromatic heterocycles. The molecule has 14 heteroatoms. The van der Waals surface area contributed by atoms with Crippen molar-refractivity contribution in [1.82, 2.24) is 19.5 Å². The summed E-state index contributed by atoms with van der Waals surface area (Å²) in [6.07, 6.45) is 5.79. The van der Waals surface area contributed by atoms with E-state index in [2.05, 4.69) is 54.6 Å². The predicted octanol–water partition coefficient (Wildman–Crippen LogP) is 4.54. The number of anilines is 1. The highest BCUT2D eigenvalue weighted by Gasteiger charge is 2.48. The topological polar surface area (TPSA) is 104 Å². The van der Waals surface area contributed by atoms with Gasteiger partial charge in [-0.1, -0.05) is 12.1 Å². The summed E-state index contributed by atoms with van der Waals surface area (Å²) in [6, 6.07) is 15.1. The van der Waals surface area contributed by atoms with Crippen molar-refractivity contribution in [2.45, 2.75) is 16.9 Å². The van der Waals surface area contributed by atoms with Gasteiger partial charge in [-0.25, -0.2) is 9.50 Å². The molecule has 208 valence electrons. The number of halogens is 3. The van der Waals surface area contributed by atoms with E-state index < -0.39 is 21.4 Å². The number of nitrogens with zero attached hydrogens (tertiary/aromatic N) is 6. The number of alkyl halides is 3. The van der Waals surface area contributed by atoms with Crippen molar-refractivity contribution in [2.24, 2.45) is 0 Å². The van der Waals surface area contributed by atoms with Crippen LogP contribution in [-0.4, -0.2) is 65.9 Å². The standard InChI is InChI=1S/C26H23F3N6O3S2/c1-39-22-4-2-3-18(11-22)16-33-7-9-34(10-8-33)24-6-5-19(14-31-24)23-12-21(38-40(36,37)26(27,28)29)17-35-25(23)20(13-30)15-32-35/h2-6,11-12,14-15,17H,7-10,16H2,1H3. The van der Waals surface area contributed by atoms with Crippen LogP contribution in [-0.2, 0) is 16.7 Å². The quantitative estimate of drug-likeness (QED) is 0.175. The highest BCUT2D eigenvalue weighted by atomic mass is 32.2. The fourth-order valence-electron chi connectivity index (χ4n) is 4.51. The Kier molecular flexibility index (Phi) is 7.63. The first-order chi connectivity index (χ1) is 19.1. The first-order valence-electron chi connectivity index (χ1n) is 12.1. The Bertz CT molecular complexity index is 1680. The fraction of sp³-hybridized carbons (Fsp3) is 0.269. The maximum atomic E-state index is 12.9. The van der Waals surface area contributed by atoms with Crippen LogP contribution in [0.1, 0.15) is 11.1 Å². The van der Waals surface area contributed by atoms with Gasteiger partial charge >= 0.3 is 15.6 Å². The van der Waals surface area contributed by atoms with Gasteiger partial charge in [-0.05, 0) is 42.2 Å². The molecule has 0 amide bonds. The van der Waals surface area contributed by atoms with Gasteiger partial charge in [0.15, 0.2) is 5.75 Å². The van der Waals surface area contributed by atoms with Crippen LogP contribution in [0.25, 0.3) is 16.6 Å². The van der Waals surface area contributed by atoms with Gasteiger partial charge in [0.25, 0.3) is 0 Å². The molecule has 1 aromatic carbocycles. The molecule has 0 aliphatic carbocycles. The smallest absolute Gasteiger partial charge is 0.374 e. The second-order valence-corrected chi connectivity index (χ2v) is 11.5. The van der Waals surface area contributed by atoms with Gasteiger partial charge in [0.2, 0.25) is 0 Å². The number of pyridine rings is 2. The molecule has 1 aliphatic heterocycles. The Balaban J connectivity index is 1.35. The van der Waals surface area contributed by atoms with E-state index in [0.717, 1.165) is 55.3 Å². The van der Waals surface area contributed by atoms with Gasteiger partial charge in [0, 0.05) is 54.9 Å². The fourth-order valence-corrected chi connectivity index (χ4v) is 5.44. The van der Waals surface area contributed by atoms with Crippen LogP contribution in [0, 0.1) is 11.3 Å². The van der Waals surface area contributed by atoms with Gasteiger partial charge in [-0.3, -0.25) is 4.90 Å². The van der Waals surface area contributed by atoms with Crippen molar-refractivity contribution in [1.29, 1.82) is 5.26 Å². The number of thioether (sulfide) groups is 1. The Labute approximate surface area is 232 Å². The molecule has 0 atom stereocenters. The lowest BCUT2D eigenvalue weighted by Gasteiger charge is -2.35. The van der Waals surface area contributed by atoms with Crippen molar-refractivity contribution < 1.29 is 25.8 Å². The third-order valence-electron chi connectivity index (χ3n) is 6.49. The minimum Gasteiger partial charge on any atom is -0.374 e. The number of aromatic nitrogens is 3. The zero-order valence-electron chi connectivity index (χ0n) is 21.2. The van der Waals surface area contributed by atoms with Crippen LogP contribution >= 0.6 is 11.8 Å². The highest BCUT2D eigenvalue weighted by molar-refractivity contribution is 7.98. The van der Waals surface area contributed by atoms with E-state index >= 15 is 0 Å². The number of rotatable bonds is 7. The molecule has 1 fully saturated rings. The van der Waals surface area contributed by atoms with Gasteiger partial charge in [-0.2, -0.15) is 31.9 Å². The molecule has 1 aliphatic rings. The molecule has 5 rings (SSSR count). The molecule has 4 heterocycles. The Morgan fingerprint density at radius 1 is 1.10 bits per heavy atom. The van der Waals surface area contributed by atoms with E-state index in [4.69, 9.17) is 0 Å².